The summed E-state index contributed by atoms with van der Waals surface area (Å²) in [5.41, 5.74) is 1.83. The van der Waals surface area contributed by atoms with Crippen molar-refractivity contribution in [2.45, 2.75) is 65.4 Å². The van der Waals surface area contributed by atoms with Gasteiger partial charge < -0.3 is 15.5 Å². The summed E-state index contributed by atoms with van der Waals surface area (Å²) in [4.78, 5) is 23.6. The average molecular weight is 358 g/mol. The van der Waals surface area contributed by atoms with E-state index >= 15 is 0 Å². The van der Waals surface area contributed by atoms with Crippen molar-refractivity contribution in [3.63, 3.8) is 0 Å². The number of allylic oxidation sites excluding steroid dienone is 1. The predicted octanol–water partition coefficient (Wildman–Crippen LogP) is 3.24. The van der Waals surface area contributed by atoms with Crippen molar-refractivity contribution < 1.29 is 14.3 Å². The highest BCUT2D eigenvalue weighted by atomic mass is 16.5. The summed E-state index contributed by atoms with van der Waals surface area (Å²) >= 11 is 0. The lowest BCUT2D eigenvalue weighted by molar-refractivity contribution is -0.153. The average Bonchev–Trinajstić information content (AvgIpc) is 2.76. The van der Waals surface area contributed by atoms with E-state index in [4.69, 9.17) is 10.1 Å². The first-order valence-electron chi connectivity index (χ1n) is 9.99. The van der Waals surface area contributed by atoms with Gasteiger partial charge in [0.25, 0.3) is 0 Å². The van der Waals surface area contributed by atoms with Crippen molar-refractivity contribution in [3.05, 3.63) is 11.6 Å². The molecule has 3 aliphatic carbocycles. The lowest BCUT2D eigenvalue weighted by Gasteiger charge is -2.57. The van der Waals surface area contributed by atoms with E-state index in [1.807, 2.05) is 0 Å². The standard InChI is InChI=1S/C21H30N2O3/c1-12(24)26-17-7-6-15-14-5-4-13-10-18(25)23-9-8-20(13,2)19(14)16(22)11-21(15,17)3/h10,14-15,17,19,22H,4-9,11H2,1-3H3,(H,23,25)/t14-,15-,17-,19+,20-,21-/m0/s1. The van der Waals surface area contributed by atoms with E-state index in [1.54, 1.807) is 6.08 Å². The molecule has 6 atom stereocenters. The lowest BCUT2D eigenvalue weighted by atomic mass is 9.47. The number of ether oxygens (including phenoxy) is 1. The van der Waals surface area contributed by atoms with Crippen molar-refractivity contribution in [1.82, 2.24) is 5.32 Å². The first-order chi connectivity index (χ1) is 12.3. The molecule has 0 radical (unpaired) electrons. The zero-order valence-electron chi connectivity index (χ0n) is 16.1. The molecule has 26 heavy (non-hydrogen) atoms. The van der Waals surface area contributed by atoms with Crippen LogP contribution in [0, 0.1) is 34.0 Å². The Bertz CT molecular complexity index is 699. The van der Waals surface area contributed by atoms with E-state index in [0.29, 0.717) is 24.8 Å². The van der Waals surface area contributed by atoms with Gasteiger partial charge in [0.2, 0.25) is 5.91 Å². The zero-order valence-corrected chi connectivity index (χ0v) is 16.1. The number of carbonyl (C=O) groups excluding carboxylic acids is 2. The molecule has 142 valence electrons. The van der Waals surface area contributed by atoms with E-state index < -0.39 is 0 Å². The van der Waals surface area contributed by atoms with Crippen LogP contribution >= 0.6 is 0 Å². The van der Waals surface area contributed by atoms with Gasteiger partial charge in [-0.3, -0.25) is 9.59 Å². The fourth-order valence-electron chi connectivity index (χ4n) is 6.82. The molecule has 5 heteroatoms. The van der Waals surface area contributed by atoms with E-state index in [1.165, 1.54) is 12.5 Å². The van der Waals surface area contributed by atoms with Crippen LogP contribution in [-0.2, 0) is 14.3 Å². The van der Waals surface area contributed by atoms with Crippen molar-refractivity contribution in [1.29, 1.82) is 5.41 Å². The summed E-state index contributed by atoms with van der Waals surface area (Å²) in [6, 6.07) is 0. The largest absolute Gasteiger partial charge is 0.462 e. The van der Waals surface area contributed by atoms with Gasteiger partial charge in [-0.25, -0.2) is 0 Å². The number of hydrogen-bond acceptors (Lipinski definition) is 4. The molecule has 1 aliphatic heterocycles. The molecule has 1 amide bonds. The van der Waals surface area contributed by atoms with E-state index in [-0.39, 0.29) is 34.7 Å². The fourth-order valence-corrected chi connectivity index (χ4v) is 6.82. The summed E-state index contributed by atoms with van der Waals surface area (Å²) in [5.74, 6) is 0.975. The molecule has 4 rings (SSSR count). The number of carbonyl (C=O) groups is 2. The zero-order chi connectivity index (χ0) is 18.7. The molecular weight excluding hydrogens is 328 g/mol. The molecule has 0 aromatic carbocycles. The minimum absolute atomic E-state index is 0.0186. The number of esters is 1. The molecule has 3 saturated carbocycles. The first kappa shape index (κ1) is 17.7. The van der Waals surface area contributed by atoms with Crippen molar-refractivity contribution in [3.8, 4) is 0 Å². The predicted molar refractivity (Wildman–Crippen MR) is 98.8 cm³/mol. The second-order valence-corrected chi connectivity index (χ2v) is 9.30. The van der Waals surface area contributed by atoms with Gasteiger partial charge in [-0.1, -0.05) is 19.4 Å². The Hall–Kier alpha value is -1.65. The Morgan fingerprint density at radius 2 is 2.08 bits per heavy atom. The second kappa shape index (κ2) is 5.93. The van der Waals surface area contributed by atoms with E-state index in [0.717, 1.165) is 37.8 Å². The summed E-state index contributed by atoms with van der Waals surface area (Å²) < 4.78 is 5.68. The Morgan fingerprint density at radius 1 is 1.31 bits per heavy atom. The fraction of sp³-hybridized carbons (Fsp3) is 0.762. The van der Waals surface area contributed by atoms with Crippen molar-refractivity contribution in [2.75, 3.05) is 6.54 Å². The van der Waals surface area contributed by atoms with Gasteiger partial charge in [-0.2, -0.15) is 0 Å². The molecule has 0 unspecified atom stereocenters. The monoisotopic (exact) mass is 358 g/mol. The normalized spacial score (nSPS) is 44.8. The van der Waals surface area contributed by atoms with Crippen LogP contribution in [0.15, 0.2) is 11.6 Å². The quantitative estimate of drug-likeness (QED) is 0.706. The van der Waals surface area contributed by atoms with Crippen LogP contribution in [0.5, 0.6) is 0 Å². The van der Waals surface area contributed by atoms with Gasteiger partial charge in [0.15, 0.2) is 0 Å². The van der Waals surface area contributed by atoms with Crippen LogP contribution in [0.3, 0.4) is 0 Å². The Kier molecular flexibility index (Phi) is 4.05. The third-order valence-corrected chi connectivity index (χ3v) is 7.94. The van der Waals surface area contributed by atoms with Crippen LogP contribution < -0.4 is 5.32 Å². The van der Waals surface area contributed by atoms with Crippen molar-refractivity contribution in [2.24, 2.45) is 28.6 Å². The SMILES string of the molecule is CC(=O)O[C@H]1CC[C@H]2[C@@H]3CCC4=CC(=O)NCC[C@]4(C)[C@H]3C(=N)C[C@]12C. The second-order valence-electron chi connectivity index (χ2n) is 9.30. The van der Waals surface area contributed by atoms with Gasteiger partial charge in [-0.05, 0) is 55.8 Å². The van der Waals surface area contributed by atoms with Crippen LogP contribution in [-0.4, -0.2) is 30.2 Å². The smallest absolute Gasteiger partial charge is 0.302 e. The van der Waals surface area contributed by atoms with E-state index in [9.17, 15) is 9.59 Å². The molecule has 4 aliphatic rings. The third-order valence-electron chi connectivity index (χ3n) is 7.94. The first-order valence-corrected chi connectivity index (χ1v) is 9.99. The Balaban J connectivity index is 1.69. The molecular formula is C21H30N2O3. The highest BCUT2D eigenvalue weighted by Gasteiger charge is 2.61. The molecule has 0 saturated heterocycles. The summed E-state index contributed by atoms with van der Waals surface area (Å²) in [6.07, 6.45) is 7.34. The number of fused-ring (bicyclic) bond motifs is 5. The topological polar surface area (TPSA) is 79.2 Å². The molecule has 0 aromatic heterocycles. The number of amides is 1. The maximum atomic E-state index is 12.0. The van der Waals surface area contributed by atoms with Gasteiger partial charge in [-0.15, -0.1) is 0 Å². The third kappa shape index (κ3) is 2.46. The summed E-state index contributed by atoms with van der Waals surface area (Å²) in [6.45, 7) is 6.67. The highest BCUT2D eigenvalue weighted by molar-refractivity contribution is 5.91. The maximum Gasteiger partial charge on any atom is 0.302 e. The van der Waals surface area contributed by atoms with Crippen LogP contribution in [0.25, 0.3) is 0 Å². The molecule has 1 heterocycles. The Morgan fingerprint density at radius 3 is 2.81 bits per heavy atom. The van der Waals surface area contributed by atoms with Crippen LogP contribution in [0.4, 0.5) is 0 Å². The number of nitrogens with one attached hydrogen (secondary N) is 2. The van der Waals surface area contributed by atoms with Crippen molar-refractivity contribution >= 4 is 17.6 Å². The minimum atomic E-state index is -0.209. The summed E-state index contributed by atoms with van der Waals surface area (Å²) in [7, 11) is 0. The lowest BCUT2D eigenvalue weighted by Crippen LogP contribution is -2.55. The highest BCUT2D eigenvalue weighted by Crippen LogP contribution is 2.64. The molecule has 3 fully saturated rings. The molecule has 0 bridgehead atoms. The molecule has 0 spiro atoms. The van der Waals surface area contributed by atoms with Crippen LogP contribution in [0.2, 0.25) is 0 Å². The van der Waals surface area contributed by atoms with Gasteiger partial charge in [0, 0.05) is 36.6 Å². The molecule has 2 N–H and O–H groups in total. The number of hydrogen-bond donors (Lipinski definition) is 2. The maximum absolute atomic E-state index is 12.0. The molecule has 5 nitrogen and oxygen atoms in total. The van der Waals surface area contributed by atoms with E-state index in [2.05, 4.69) is 19.2 Å². The van der Waals surface area contributed by atoms with Gasteiger partial charge in [0.1, 0.15) is 6.10 Å². The summed E-state index contributed by atoms with van der Waals surface area (Å²) in [5, 5.41) is 11.9. The van der Waals surface area contributed by atoms with Crippen LogP contribution in [0.1, 0.15) is 59.3 Å². The van der Waals surface area contributed by atoms with Gasteiger partial charge >= 0.3 is 5.97 Å². The van der Waals surface area contributed by atoms with Gasteiger partial charge in [0.05, 0.1) is 0 Å². The minimum Gasteiger partial charge on any atom is -0.462 e. The Labute approximate surface area is 155 Å². The molecule has 0 aromatic rings. The number of rotatable bonds is 1.